The number of carboxylic acid groups (broad SMARTS) is 1. The highest BCUT2D eigenvalue weighted by Crippen LogP contribution is 2.26. The van der Waals surface area contributed by atoms with E-state index in [2.05, 4.69) is 6.58 Å². The Morgan fingerprint density at radius 1 is 1.58 bits per heavy atom. The van der Waals surface area contributed by atoms with Gasteiger partial charge in [0.05, 0.1) is 6.54 Å². The second-order valence-electron chi connectivity index (χ2n) is 3.49. The Labute approximate surface area is 72.7 Å². The summed E-state index contributed by atoms with van der Waals surface area (Å²) in [6.45, 7) is 6.58. The molecule has 0 unspecified atom stereocenters. The number of carbonyl (C=O) groups is 1. The second kappa shape index (κ2) is 3.72. The zero-order valence-corrected chi connectivity index (χ0v) is 7.42. The molecule has 1 N–H and O–H groups in total. The predicted octanol–water partition coefficient (Wildman–Crippen LogP) is 1.11. The molecule has 0 spiro atoms. The maximum atomic E-state index is 10.5. The van der Waals surface area contributed by atoms with E-state index in [0.717, 1.165) is 25.0 Å². The van der Waals surface area contributed by atoms with Crippen LogP contribution in [0.3, 0.4) is 0 Å². The van der Waals surface area contributed by atoms with Crippen molar-refractivity contribution in [2.45, 2.75) is 25.8 Å². The predicted molar refractivity (Wildman–Crippen MR) is 47.0 cm³/mol. The SMILES string of the molecule is C=C(C)CN(CC(=O)O)C1CC1. The molecule has 1 aliphatic carbocycles. The van der Waals surface area contributed by atoms with Gasteiger partial charge < -0.3 is 5.11 Å². The first-order valence-corrected chi connectivity index (χ1v) is 4.20. The van der Waals surface area contributed by atoms with Crippen LogP contribution < -0.4 is 0 Å². The summed E-state index contributed by atoms with van der Waals surface area (Å²) in [6.07, 6.45) is 2.28. The summed E-state index contributed by atoms with van der Waals surface area (Å²) in [7, 11) is 0. The number of hydrogen-bond acceptors (Lipinski definition) is 2. The first kappa shape index (κ1) is 9.26. The first-order valence-electron chi connectivity index (χ1n) is 4.20. The molecule has 0 aromatic rings. The largest absolute Gasteiger partial charge is 0.480 e. The van der Waals surface area contributed by atoms with Crippen LogP contribution in [0.2, 0.25) is 0 Å². The molecule has 68 valence electrons. The fourth-order valence-electron chi connectivity index (χ4n) is 1.27. The van der Waals surface area contributed by atoms with E-state index in [4.69, 9.17) is 5.11 Å². The molecule has 0 aromatic heterocycles. The third-order valence-electron chi connectivity index (χ3n) is 1.87. The van der Waals surface area contributed by atoms with E-state index in [9.17, 15) is 4.79 Å². The van der Waals surface area contributed by atoms with Crippen molar-refractivity contribution in [1.29, 1.82) is 0 Å². The Morgan fingerprint density at radius 2 is 2.17 bits per heavy atom. The molecule has 1 aliphatic rings. The summed E-state index contributed by atoms with van der Waals surface area (Å²) in [4.78, 5) is 12.4. The number of aliphatic carboxylic acids is 1. The van der Waals surface area contributed by atoms with Crippen molar-refractivity contribution in [2.24, 2.45) is 0 Å². The molecule has 0 atom stereocenters. The Bertz CT molecular complexity index is 181. The van der Waals surface area contributed by atoms with E-state index in [1.807, 2.05) is 11.8 Å². The minimum Gasteiger partial charge on any atom is -0.480 e. The van der Waals surface area contributed by atoms with Crippen LogP contribution in [-0.4, -0.2) is 35.1 Å². The fraction of sp³-hybridized carbons (Fsp3) is 0.667. The van der Waals surface area contributed by atoms with Gasteiger partial charge in [0.15, 0.2) is 0 Å². The minimum atomic E-state index is -0.747. The van der Waals surface area contributed by atoms with Crippen molar-refractivity contribution in [1.82, 2.24) is 4.90 Å². The molecular formula is C9H15NO2. The molecule has 0 saturated heterocycles. The topological polar surface area (TPSA) is 40.5 Å². The van der Waals surface area contributed by atoms with Gasteiger partial charge in [-0.1, -0.05) is 12.2 Å². The lowest BCUT2D eigenvalue weighted by Crippen LogP contribution is -2.32. The highest BCUT2D eigenvalue weighted by molar-refractivity contribution is 5.69. The Balaban J connectivity index is 2.37. The second-order valence-corrected chi connectivity index (χ2v) is 3.49. The molecule has 0 bridgehead atoms. The van der Waals surface area contributed by atoms with Crippen LogP contribution in [0.15, 0.2) is 12.2 Å². The van der Waals surface area contributed by atoms with Crippen molar-refractivity contribution in [2.75, 3.05) is 13.1 Å². The molecule has 12 heavy (non-hydrogen) atoms. The van der Waals surface area contributed by atoms with E-state index in [0.29, 0.717) is 6.04 Å². The number of hydrogen-bond donors (Lipinski definition) is 1. The molecule has 3 nitrogen and oxygen atoms in total. The summed E-state index contributed by atoms with van der Waals surface area (Å²) in [6, 6.07) is 0.498. The van der Waals surface area contributed by atoms with E-state index < -0.39 is 5.97 Å². The van der Waals surface area contributed by atoms with Crippen LogP contribution in [-0.2, 0) is 4.79 Å². The standard InChI is InChI=1S/C9H15NO2/c1-7(2)5-10(6-9(11)12)8-3-4-8/h8H,1,3-6H2,2H3,(H,11,12). The van der Waals surface area contributed by atoms with Gasteiger partial charge in [-0.2, -0.15) is 0 Å². The van der Waals surface area contributed by atoms with Crippen LogP contribution in [0.25, 0.3) is 0 Å². The van der Waals surface area contributed by atoms with Crippen molar-refractivity contribution in [3.8, 4) is 0 Å². The smallest absolute Gasteiger partial charge is 0.317 e. The van der Waals surface area contributed by atoms with Crippen LogP contribution in [0.1, 0.15) is 19.8 Å². The Hall–Kier alpha value is -0.830. The molecular weight excluding hydrogens is 154 g/mol. The van der Waals surface area contributed by atoms with Crippen LogP contribution in [0.5, 0.6) is 0 Å². The van der Waals surface area contributed by atoms with Crippen molar-refractivity contribution in [3.05, 3.63) is 12.2 Å². The Kier molecular flexibility index (Phi) is 2.87. The molecule has 1 rings (SSSR count). The highest BCUT2D eigenvalue weighted by Gasteiger charge is 2.29. The van der Waals surface area contributed by atoms with E-state index in [1.165, 1.54) is 0 Å². The van der Waals surface area contributed by atoms with Gasteiger partial charge >= 0.3 is 5.97 Å². The van der Waals surface area contributed by atoms with Crippen molar-refractivity contribution >= 4 is 5.97 Å². The van der Waals surface area contributed by atoms with E-state index in [-0.39, 0.29) is 6.54 Å². The molecule has 0 radical (unpaired) electrons. The average Bonchev–Trinajstić information content (AvgIpc) is 2.63. The van der Waals surface area contributed by atoms with Crippen LogP contribution in [0.4, 0.5) is 0 Å². The van der Waals surface area contributed by atoms with Crippen molar-refractivity contribution < 1.29 is 9.90 Å². The Morgan fingerprint density at radius 3 is 2.50 bits per heavy atom. The van der Waals surface area contributed by atoms with Crippen LogP contribution >= 0.6 is 0 Å². The quantitative estimate of drug-likeness (QED) is 0.627. The van der Waals surface area contributed by atoms with Crippen LogP contribution in [0, 0.1) is 0 Å². The fourth-order valence-corrected chi connectivity index (χ4v) is 1.27. The van der Waals surface area contributed by atoms with Gasteiger partial charge in [0.2, 0.25) is 0 Å². The molecule has 0 heterocycles. The third kappa shape index (κ3) is 3.05. The summed E-state index contributed by atoms with van der Waals surface area (Å²) in [5.41, 5.74) is 1.03. The van der Waals surface area contributed by atoms with Gasteiger partial charge in [-0.15, -0.1) is 0 Å². The molecule has 0 aliphatic heterocycles. The number of carboxylic acids is 1. The van der Waals surface area contributed by atoms with Gasteiger partial charge in [0, 0.05) is 12.6 Å². The zero-order valence-electron chi connectivity index (χ0n) is 7.42. The third-order valence-corrected chi connectivity index (χ3v) is 1.87. The molecule has 0 amide bonds. The molecule has 0 aromatic carbocycles. The maximum Gasteiger partial charge on any atom is 0.317 e. The molecule has 1 fully saturated rings. The lowest BCUT2D eigenvalue weighted by molar-refractivity contribution is -0.138. The lowest BCUT2D eigenvalue weighted by atomic mass is 10.3. The average molecular weight is 169 g/mol. The number of rotatable bonds is 5. The van der Waals surface area contributed by atoms with Gasteiger partial charge in [-0.25, -0.2) is 0 Å². The van der Waals surface area contributed by atoms with Gasteiger partial charge in [-0.3, -0.25) is 9.69 Å². The monoisotopic (exact) mass is 169 g/mol. The zero-order chi connectivity index (χ0) is 9.14. The van der Waals surface area contributed by atoms with E-state index >= 15 is 0 Å². The first-order chi connectivity index (χ1) is 5.59. The summed E-state index contributed by atoms with van der Waals surface area (Å²) >= 11 is 0. The summed E-state index contributed by atoms with van der Waals surface area (Å²) < 4.78 is 0. The van der Waals surface area contributed by atoms with E-state index in [1.54, 1.807) is 0 Å². The normalized spacial score (nSPS) is 16.5. The highest BCUT2D eigenvalue weighted by atomic mass is 16.4. The van der Waals surface area contributed by atoms with Gasteiger partial charge in [0.25, 0.3) is 0 Å². The van der Waals surface area contributed by atoms with Gasteiger partial charge in [0.1, 0.15) is 0 Å². The summed E-state index contributed by atoms with van der Waals surface area (Å²) in [5, 5.41) is 8.60. The minimum absolute atomic E-state index is 0.150. The summed E-state index contributed by atoms with van der Waals surface area (Å²) in [5.74, 6) is -0.747. The molecule has 1 saturated carbocycles. The number of nitrogens with zero attached hydrogens (tertiary/aromatic N) is 1. The van der Waals surface area contributed by atoms with Gasteiger partial charge in [-0.05, 0) is 19.8 Å². The lowest BCUT2D eigenvalue weighted by Gasteiger charge is -2.19. The molecule has 3 heteroatoms. The maximum absolute atomic E-state index is 10.5. The van der Waals surface area contributed by atoms with Crippen molar-refractivity contribution in [3.63, 3.8) is 0 Å².